The lowest BCUT2D eigenvalue weighted by Gasteiger charge is -2.18. The second kappa shape index (κ2) is 18.8. The van der Waals surface area contributed by atoms with Gasteiger partial charge in [-0.3, -0.25) is 14.4 Å². The van der Waals surface area contributed by atoms with Gasteiger partial charge in [-0.2, -0.15) is 0 Å². The number of hydrogen-bond donors (Lipinski definition) is 2. The van der Waals surface area contributed by atoms with E-state index in [1.54, 1.807) is 0 Å². The zero-order chi connectivity index (χ0) is 21.0. The molecule has 0 radical (unpaired) electrons. The van der Waals surface area contributed by atoms with Crippen LogP contribution < -0.4 is 0 Å². The normalized spacial score (nSPS) is 10.8. The average Bonchev–Trinajstić information content (AvgIpc) is 2.63. The van der Waals surface area contributed by atoms with Crippen molar-refractivity contribution in [3.8, 4) is 0 Å². The highest BCUT2D eigenvalue weighted by Gasteiger charge is 2.18. The highest BCUT2D eigenvalue weighted by atomic mass is 16.4. The van der Waals surface area contributed by atoms with Crippen LogP contribution in [0.2, 0.25) is 0 Å². The summed E-state index contributed by atoms with van der Waals surface area (Å²) in [5.74, 6) is -2.77. The minimum Gasteiger partial charge on any atom is -0.480 e. The van der Waals surface area contributed by atoms with Gasteiger partial charge in [-0.05, 0) is 6.42 Å². The number of amides is 1. The molecule has 28 heavy (non-hydrogen) atoms. The van der Waals surface area contributed by atoms with Crippen LogP contribution in [0, 0.1) is 0 Å². The number of carbonyl (C=O) groups is 3. The summed E-state index contributed by atoms with van der Waals surface area (Å²) in [5, 5.41) is 17.5. The minimum absolute atomic E-state index is 0.221. The Kier molecular flexibility index (Phi) is 17.7. The lowest BCUT2D eigenvalue weighted by Crippen LogP contribution is -2.39. The van der Waals surface area contributed by atoms with Crippen LogP contribution in [0.15, 0.2) is 0 Å². The molecule has 0 heterocycles. The summed E-state index contributed by atoms with van der Waals surface area (Å²) in [5.41, 5.74) is 0. The van der Waals surface area contributed by atoms with Crippen molar-refractivity contribution in [1.29, 1.82) is 0 Å². The van der Waals surface area contributed by atoms with Gasteiger partial charge in [0.25, 0.3) is 0 Å². The summed E-state index contributed by atoms with van der Waals surface area (Å²) >= 11 is 0. The molecule has 0 rings (SSSR count). The highest BCUT2D eigenvalue weighted by molar-refractivity contribution is 5.85. The van der Waals surface area contributed by atoms with Crippen LogP contribution in [0.4, 0.5) is 0 Å². The predicted molar refractivity (Wildman–Crippen MR) is 111 cm³/mol. The molecular formula is C22H41NO5. The first kappa shape index (κ1) is 26.4. The molecule has 0 saturated carbocycles. The second-order valence-corrected chi connectivity index (χ2v) is 7.74. The lowest BCUT2D eigenvalue weighted by atomic mass is 10.0. The zero-order valence-electron chi connectivity index (χ0n) is 17.8. The predicted octanol–water partition coefficient (Wildman–Crippen LogP) is 5.25. The van der Waals surface area contributed by atoms with Crippen molar-refractivity contribution in [3.63, 3.8) is 0 Å². The van der Waals surface area contributed by atoms with Gasteiger partial charge in [-0.25, -0.2) is 0 Å². The summed E-state index contributed by atoms with van der Waals surface area (Å²) < 4.78 is 0. The standard InChI is InChI=1S/C22H41NO5/c1-2-3-4-5-6-7-8-9-10-11-12-13-14-15-16-17-20(24)23(18-21(25)26)19-22(27)28/h2-19H2,1H3,(H,25,26)(H,27,28). The van der Waals surface area contributed by atoms with Gasteiger partial charge in [0.05, 0.1) is 0 Å². The van der Waals surface area contributed by atoms with Gasteiger partial charge in [0, 0.05) is 6.42 Å². The highest BCUT2D eigenvalue weighted by Crippen LogP contribution is 2.14. The number of aliphatic carboxylic acids is 2. The van der Waals surface area contributed by atoms with Gasteiger partial charge >= 0.3 is 11.9 Å². The molecule has 0 aromatic carbocycles. The Hall–Kier alpha value is -1.59. The van der Waals surface area contributed by atoms with Gasteiger partial charge in [0.15, 0.2) is 0 Å². The van der Waals surface area contributed by atoms with Gasteiger partial charge in [0.2, 0.25) is 5.91 Å². The van der Waals surface area contributed by atoms with Crippen molar-refractivity contribution in [2.75, 3.05) is 13.1 Å². The second-order valence-electron chi connectivity index (χ2n) is 7.74. The lowest BCUT2D eigenvalue weighted by molar-refractivity contribution is -0.149. The maximum atomic E-state index is 11.9. The van der Waals surface area contributed by atoms with E-state index < -0.39 is 25.0 Å². The molecule has 0 aliphatic carbocycles. The van der Waals surface area contributed by atoms with Crippen molar-refractivity contribution in [1.82, 2.24) is 4.90 Å². The Morgan fingerprint density at radius 2 is 0.893 bits per heavy atom. The van der Waals surface area contributed by atoms with Crippen molar-refractivity contribution >= 4 is 17.8 Å². The first-order valence-corrected chi connectivity index (χ1v) is 11.2. The fourth-order valence-corrected chi connectivity index (χ4v) is 3.36. The Morgan fingerprint density at radius 1 is 0.571 bits per heavy atom. The summed E-state index contributed by atoms with van der Waals surface area (Å²) in [6.07, 6.45) is 18.8. The summed E-state index contributed by atoms with van der Waals surface area (Å²) in [4.78, 5) is 34.3. The van der Waals surface area contributed by atoms with E-state index in [9.17, 15) is 14.4 Å². The van der Waals surface area contributed by atoms with E-state index >= 15 is 0 Å². The smallest absolute Gasteiger partial charge is 0.323 e. The molecule has 0 unspecified atom stereocenters. The Bertz CT molecular complexity index is 409. The first-order chi connectivity index (χ1) is 13.5. The maximum Gasteiger partial charge on any atom is 0.323 e. The molecule has 6 nitrogen and oxygen atoms in total. The van der Waals surface area contributed by atoms with Crippen LogP contribution in [0.3, 0.4) is 0 Å². The maximum absolute atomic E-state index is 11.9. The van der Waals surface area contributed by atoms with Crippen LogP contribution in [0.1, 0.15) is 110 Å². The monoisotopic (exact) mass is 399 g/mol. The molecule has 2 N–H and O–H groups in total. The quantitative estimate of drug-likeness (QED) is 0.273. The van der Waals surface area contributed by atoms with Gasteiger partial charge in [0.1, 0.15) is 13.1 Å². The number of hydrogen-bond acceptors (Lipinski definition) is 3. The Balaban J connectivity index is 3.49. The Morgan fingerprint density at radius 3 is 1.21 bits per heavy atom. The van der Waals surface area contributed by atoms with Gasteiger partial charge in [-0.15, -0.1) is 0 Å². The van der Waals surface area contributed by atoms with Crippen molar-refractivity contribution in [2.24, 2.45) is 0 Å². The number of carboxylic acid groups (broad SMARTS) is 2. The molecule has 0 bridgehead atoms. The van der Waals surface area contributed by atoms with E-state index in [-0.39, 0.29) is 12.3 Å². The van der Waals surface area contributed by atoms with Crippen LogP contribution >= 0.6 is 0 Å². The molecule has 6 heteroatoms. The van der Waals surface area contributed by atoms with Crippen molar-refractivity contribution in [2.45, 2.75) is 110 Å². The van der Waals surface area contributed by atoms with E-state index in [1.807, 2.05) is 0 Å². The van der Waals surface area contributed by atoms with E-state index in [1.165, 1.54) is 77.0 Å². The summed E-state index contributed by atoms with van der Waals surface area (Å²) in [7, 11) is 0. The van der Waals surface area contributed by atoms with Crippen LogP contribution in [-0.2, 0) is 14.4 Å². The van der Waals surface area contributed by atoms with E-state index in [4.69, 9.17) is 10.2 Å². The number of rotatable bonds is 20. The molecule has 0 saturated heterocycles. The van der Waals surface area contributed by atoms with Crippen molar-refractivity contribution in [3.05, 3.63) is 0 Å². The minimum atomic E-state index is -1.19. The molecular weight excluding hydrogens is 358 g/mol. The van der Waals surface area contributed by atoms with Crippen LogP contribution in [0.25, 0.3) is 0 Å². The fourth-order valence-electron chi connectivity index (χ4n) is 3.36. The summed E-state index contributed by atoms with van der Waals surface area (Å²) in [6.45, 7) is 1.14. The molecule has 0 aromatic rings. The molecule has 0 aliphatic heterocycles. The number of nitrogens with zero attached hydrogens (tertiary/aromatic N) is 1. The molecule has 164 valence electrons. The first-order valence-electron chi connectivity index (χ1n) is 11.2. The van der Waals surface area contributed by atoms with E-state index in [2.05, 4.69) is 6.92 Å². The van der Waals surface area contributed by atoms with Crippen LogP contribution in [0.5, 0.6) is 0 Å². The molecule has 0 fully saturated rings. The van der Waals surface area contributed by atoms with E-state index in [0.717, 1.165) is 17.7 Å². The molecule has 0 aromatic heterocycles. The molecule has 1 amide bonds. The number of carboxylic acids is 2. The third-order valence-electron chi connectivity index (χ3n) is 5.00. The molecule has 0 aliphatic rings. The number of carbonyl (C=O) groups excluding carboxylic acids is 1. The third kappa shape index (κ3) is 17.8. The molecule has 0 atom stereocenters. The average molecular weight is 400 g/mol. The SMILES string of the molecule is CCCCCCCCCCCCCCCCCC(=O)N(CC(=O)O)CC(=O)O. The number of unbranched alkanes of at least 4 members (excludes halogenated alkanes) is 14. The fraction of sp³-hybridized carbons (Fsp3) is 0.864. The zero-order valence-corrected chi connectivity index (χ0v) is 17.8. The van der Waals surface area contributed by atoms with Crippen LogP contribution in [-0.4, -0.2) is 46.0 Å². The third-order valence-corrected chi connectivity index (χ3v) is 5.00. The summed E-state index contributed by atoms with van der Waals surface area (Å²) in [6, 6.07) is 0. The van der Waals surface area contributed by atoms with Gasteiger partial charge in [-0.1, -0.05) is 96.8 Å². The molecule has 0 spiro atoms. The van der Waals surface area contributed by atoms with Crippen molar-refractivity contribution < 1.29 is 24.6 Å². The topological polar surface area (TPSA) is 94.9 Å². The largest absolute Gasteiger partial charge is 0.480 e. The van der Waals surface area contributed by atoms with E-state index in [0.29, 0.717) is 6.42 Å². The Labute approximate surface area is 170 Å². The van der Waals surface area contributed by atoms with Gasteiger partial charge < -0.3 is 15.1 Å².